The Balaban J connectivity index is 2.76. The molecule has 0 unspecified atom stereocenters. The molecule has 0 bridgehead atoms. The molecule has 1 aromatic rings. The minimum atomic E-state index is 0.296. The fourth-order valence-corrected chi connectivity index (χ4v) is 1.14. The number of nitrogens with zero attached hydrogens (tertiary/aromatic N) is 2. The van der Waals surface area contributed by atoms with Crippen molar-refractivity contribution in [1.82, 2.24) is 5.32 Å². The Labute approximate surface area is 99.4 Å². The summed E-state index contributed by atoms with van der Waals surface area (Å²) in [6, 6.07) is 7.32. The maximum absolute atomic E-state index is 10.1. The summed E-state index contributed by atoms with van der Waals surface area (Å²) in [4.78, 5) is 10.1. The molecule has 0 aliphatic carbocycles. The summed E-state index contributed by atoms with van der Waals surface area (Å²) in [6.45, 7) is 2.12. The molecule has 0 aliphatic heterocycles. The largest absolute Gasteiger partial charge is 0.386 e. The van der Waals surface area contributed by atoms with Crippen molar-refractivity contribution in [3.63, 3.8) is 0 Å². The van der Waals surface area contributed by atoms with Crippen molar-refractivity contribution in [2.75, 3.05) is 0 Å². The van der Waals surface area contributed by atoms with E-state index in [-0.39, 0.29) is 0 Å². The van der Waals surface area contributed by atoms with Crippen LogP contribution in [0.15, 0.2) is 34.5 Å². The lowest BCUT2D eigenvalue weighted by molar-refractivity contribution is -0.109. The molecule has 6 nitrogen and oxygen atoms in total. The van der Waals surface area contributed by atoms with E-state index >= 15 is 0 Å². The van der Waals surface area contributed by atoms with Crippen molar-refractivity contribution in [3.05, 3.63) is 35.4 Å². The predicted molar refractivity (Wildman–Crippen MR) is 67.4 cm³/mol. The highest BCUT2D eigenvalue weighted by molar-refractivity contribution is 5.97. The van der Waals surface area contributed by atoms with E-state index in [1.165, 1.54) is 0 Å². The lowest BCUT2D eigenvalue weighted by Crippen LogP contribution is -2.14. The first-order valence-corrected chi connectivity index (χ1v) is 5.03. The number of nitrogens with one attached hydrogen (secondary N) is 1. The molecular formula is C11H15N5O. The summed E-state index contributed by atoms with van der Waals surface area (Å²) in [6.07, 6.45) is 0.655. The second-order valence-corrected chi connectivity index (χ2v) is 3.42. The number of carbonyl (C=O) groups is 1. The number of hydrogen-bond donors (Lipinski definition) is 3. The summed E-state index contributed by atoms with van der Waals surface area (Å²) in [5.41, 5.74) is 12.8. The number of amides is 1. The van der Waals surface area contributed by atoms with Crippen LogP contribution in [0, 0.1) is 0 Å². The van der Waals surface area contributed by atoms with Gasteiger partial charge in [-0.15, -0.1) is 10.2 Å². The van der Waals surface area contributed by atoms with Gasteiger partial charge >= 0.3 is 0 Å². The Kier molecular flexibility index (Phi) is 4.68. The van der Waals surface area contributed by atoms with Crippen molar-refractivity contribution >= 4 is 18.1 Å². The maximum Gasteiger partial charge on any atom is 0.207 e. The molecule has 5 N–H and O–H groups in total. The molecular weight excluding hydrogens is 218 g/mol. The number of hydrogen-bond acceptors (Lipinski definition) is 3. The van der Waals surface area contributed by atoms with E-state index in [1.54, 1.807) is 6.92 Å². The third-order valence-electron chi connectivity index (χ3n) is 1.95. The van der Waals surface area contributed by atoms with Crippen molar-refractivity contribution in [2.24, 2.45) is 21.7 Å². The molecule has 0 fully saturated rings. The van der Waals surface area contributed by atoms with Crippen molar-refractivity contribution in [3.8, 4) is 0 Å². The Bertz CT molecular complexity index is 432. The second kappa shape index (κ2) is 6.26. The van der Waals surface area contributed by atoms with Gasteiger partial charge in [-0.2, -0.15) is 0 Å². The van der Waals surface area contributed by atoms with Crippen molar-refractivity contribution in [2.45, 2.75) is 13.5 Å². The van der Waals surface area contributed by atoms with Crippen LogP contribution in [0.5, 0.6) is 0 Å². The Hall–Kier alpha value is -2.37. The smallest absolute Gasteiger partial charge is 0.207 e. The summed E-state index contributed by atoms with van der Waals surface area (Å²) >= 11 is 0. The molecule has 0 aromatic heterocycles. The Morgan fingerprint density at radius 2 is 1.94 bits per heavy atom. The van der Waals surface area contributed by atoms with E-state index in [9.17, 15) is 4.79 Å². The summed E-state index contributed by atoms with van der Waals surface area (Å²) < 4.78 is 0. The molecule has 0 radical (unpaired) electrons. The van der Waals surface area contributed by atoms with Crippen molar-refractivity contribution in [1.29, 1.82) is 0 Å². The van der Waals surface area contributed by atoms with Gasteiger partial charge in [0.1, 0.15) is 5.84 Å². The van der Waals surface area contributed by atoms with Gasteiger partial charge in [0, 0.05) is 12.1 Å². The zero-order chi connectivity index (χ0) is 12.7. The van der Waals surface area contributed by atoms with Gasteiger partial charge in [0.25, 0.3) is 0 Å². The van der Waals surface area contributed by atoms with Crippen LogP contribution in [0.1, 0.15) is 18.1 Å². The van der Waals surface area contributed by atoms with E-state index in [0.29, 0.717) is 24.6 Å². The molecule has 1 amide bonds. The first-order chi connectivity index (χ1) is 8.13. The first kappa shape index (κ1) is 12.7. The number of nitrogens with two attached hydrogens (primary N) is 2. The molecule has 6 heteroatoms. The molecule has 0 aliphatic rings. The minimum Gasteiger partial charge on any atom is -0.386 e. The van der Waals surface area contributed by atoms with Gasteiger partial charge in [0.2, 0.25) is 6.41 Å². The van der Waals surface area contributed by atoms with E-state index in [0.717, 1.165) is 11.1 Å². The molecule has 90 valence electrons. The third kappa shape index (κ3) is 4.33. The van der Waals surface area contributed by atoms with Crippen LogP contribution < -0.4 is 16.8 Å². The fraction of sp³-hybridized carbons (Fsp3) is 0.182. The quantitative estimate of drug-likeness (QED) is 0.287. The van der Waals surface area contributed by atoms with Crippen LogP contribution in [0.3, 0.4) is 0 Å². The number of rotatable bonds is 5. The van der Waals surface area contributed by atoms with Gasteiger partial charge in [-0.05, 0) is 12.5 Å². The monoisotopic (exact) mass is 233 g/mol. The third-order valence-corrected chi connectivity index (χ3v) is 1.95. The van der Waals surface area contributed by atoms with Crippen LogP contribution in [-0.2, 0) is 11.3 Å². The van der Waals surface area contributed by atoms with E-state index in [4.69, 9.17) is 11.5 Å². The first-order valence-electron chi connectivity index (χ1n) is 5.03. The molecule has 1 rings (SSSR count). The molecule has 0 atom stereocenters. The van der Waals surface area contributed by atoms with Crippen LogP contribution in [-0.4, -0.2) is 18.1 Å². The highest BCUT2D eigenvalue weighted by atomic mass is 16.1. The van der Waals surface area contributed by atoms with Gasteiger partial charge < -0.3 is 16.8 Å². The highest BCUT2D eigenvalue weighted by Gasteiger charge is 1.98. The highest BCUT2D eigenvalue weighted by Crippen LogP contribution is 2.04. The average Bonchev–Trinajstić information content (AvgIpc) is 2.34. The van der Waals surface area contributed by atoms with Crippen LogP contribution in [0.25, 0.3) is 0 Å². The Morgan fingerprint density at radius 1 is 1.29 bits per heavy atom. The summed E-state index contributed by atoms with van der Waals surface area (Å²) in [5, 5.41) is 10.0. The topological polar surface area (TPSA) is 106 Å². The van der Waals surface area contributed by atoms with Crippen LogP contribution in [0.4, 0.5) is 0 Å². The predicted octanol–water partition coefficient (Wildman–Crippen LogP) is -0.0700. The maximum atomic E-state index is 10.1. The Morgan fingerprint density at radius 3 is 2.47 bits per heavy atom. The van der Waals surface area contributed by atoms with Gasteiger partial charge in [-0.25, -0.2) is 0 Å². The van der Waals surface area contributed by atoms with E-state index in [2.05, 4.69) is 15.5 Å². The summed E-state index contributed by atoms with van der Waals surface area (Å²) in [7, 11) is 0. The van der Waals surface area contributed by atoms with Gasteiger partial charge in [-0.1, -0.05) is 24.3 Å². The van der Waals surface area contributed by atoms with E-state index in [1.807, 2.05) is 24.3 Å². The molecule has 0 heterocycles. The number of amidine groups is 2. The summed E-state index contributed by atoms with van der Waals surface area (Å²) in [5.74, 6) is 0.643. The lowest BCUT2D eigenvalue weighted by atomic mass is 10.1. The van der Waals surface area contributed by atoms with Gasteiger partial charge in [0.05, 0.1) is 0 Å². The van der Waals surface area contributed by atoms with Crippen LogP contribution in [0.2, 0.25) is 0 Å². The van der Waals surface area contributed by atoms with Gasteiger partial charge in [0.15, 0.2) is 5.84 Å². The zero-order valence-corrected chi connectivity index (χ0v) is 9.55. The molecule has 0 spiro atoms. The number of benzene rings is 1. The van der Waals surface area contributed by atoms with Crippen LogP contribution >= 0.6 is 0 Å². The van der Waals surface area contributed by atoms with E-state index < -0.39 is 0 Å². The second-order valence-electron chi connectivity index (χ2n) is 3.42. The van der Waals surface area contributed by atoms with Gasteiger partial charge in [-0.3, -0.25) is 4.79 Å². The number of carbonyl (C=O) groups excluding carboxylic acids is 1. The SMILES string of the molecule is C/C(N)=N/N=C(\N)c1ccc(CNC=O)cc1. The lowest BCUT2D eigenvalue weighted by Gasteiger charge is -2.02. The normalized spacial score (nSPS) is 12.3. The molecule has 0 saturated carbocycles. The molecule has 17 heavy (non-hydrogen) atoms. The fourth-order valence-electron chi connectivity index (χ4n) is 1.14. The van der Waals surface area contributed by atoms with Crippen molar-refractivity contribution < 1.29 is 4.79 Å². The molecule has 0 saturated heterocycles. The standard InChI is InChI=1S/C11H15N5O/c1-8(12)15-16-11(13)10-4-2-9(3-5-10)6-14-7-17/h2-5,7H,6H2,1H3,(H2,12,15)(H2,13,16)(H,14,17). The molecule has 1 aromatic carbocycles. The zero-order valence-electron chi connectivity index (χ0n) is 9.55. The minimum absolute atomic E-state index is 0.296. The average molecular weight is 233 g/mol.